The van der Waals surface area contributed by atoms with Gasteiger partial charge in [-0.3, -0.25) is 0 Å². The highest BCUT2D eigenvalue weighted by molar-refractivity contribution is 6.42. The van der Waals surface area contributed by atoms with Gasteiger partial charge >= 0.3 is 0 Å². The molecular formula is C26H17BClN8. The number of halogens is 1. The zero-order valence-electron chi connectivity index (χ0n) is 18.9. The molecule has 0 spiro atoms. The molecule has 10 heteroatoms. The van der Waals surface area contributed by atoms with Gasteiger partial charge in [0.05, 0.1) is 44.2 Å². The van der Waals surface area contributed by atoms with E-state index >= 15 is 0 Å². The number of hydrogen-bond donors (Lipinski definition) is 3. The molecule has 0 bridgehead atoms. The second kappa shape index (κ2) is 7.80. The van der Waals surface area contributed by atoms with Crippen molar-refractivity contribution < 1.29 is 0 Å². The van der Waals surface area contributed by atoms with Crippen LogP contribution in [0.15, 0.2) is 47.5 Å². The number of aromatic nitrogens is 6. The quantitative estimate of drug-likeness (QED) is 0.206. The minimum Gasteiger partial charge on any atom is -0.338 e. The van der Waals surface area contributed by atoms with Gasteiger partial charge in [-0.2, -0.15) is 5.26 Å². The van der Waals surface area contributed by atoms with Crippen molar-refractivity contribution >= 4 is 64.6 Å². The molecule has 7 rings (SSSR count). The number of rotatable bonds is 4. The molecule has 4 heterocycles. The van der Waals surface area contributed by atoms with Crippen LogP contribution in [-0.4, -0.2) is 43.9 Å². The van der Waals surface area contributed by atoms with Gasteiger partial charge in [0, 0.05) is 11.1 Å². The van der Waals surface area contributed by atoms with E-state index in [-0.39, 0.29) is 5.82 Å². The van der Waals surface area contributed by atoms with Gasteiger partial charge in [0.1, 0.15) is 24.4 Å². The van der Waals surface area contributed by atoms with Crippen molar-refractivity contribution in [2.24, 2.45) is 4.99 Å². The lowest BCUT2D eigenvalue weighted by molar-refractivity contribution is 0.790. The van der Waals surface area contributed by atoms with E-state index < -0.39 is 0 Å². The number of benzene rings is 3. The van der Waals surface area contributed by atoms with Crippen LogP contribution in [0.3, 0.4) is 0 Å². The Bertz CT molecular complexity index is 1890. The van der Waals surface area contributed by atoms with Crippen molar-refractivity contribution in [1.82, 2.24) is 29.9 Å². The molecule has 1 atom stereocenters. The van der Waals surface area contributed by atoms with E-state index in [0.717, 1.165) is 68.7 Å². The summed E-state index contributed by atoms with van der Waals surface area (Å²) in [5, 5.41) is 9.72. The van der Waals surface area contributed by atoms with Gasteiger partial charge in [-0.05, 0) is 60.6 Å². The Hall–Kier alpha value is -4.42. The molecule has 1 fully saturated rings. The van der Waals surface area contributed by atoms with E-state index in [9.17, 15) is 5.26 Å². The molecule has 171 valence electrons. The van der Waals surface area contributed by atoms with Crippen molar-refractivity contribution in [2.75, 3.05) is 0 Å². The number of imidazole rings is 3. The van der Waals surface area contributed by atoms with E-state index in [2.05, 4.69) is 45.0 Å². The van der Waals surface area contributed by atoms with Crippen LogP contribution in [0.5, 0.6) is 0 Å². The third-order valence-electron chi connectivity index (χ3n) is 6.82. The van der Waals surface area contributed by atoms with Crippen LogP contribution in [-0.2, 0) is 0 Å². The molecule has 3 aromatic carbocycles. The maximum absolute atomic E-state index is 9.18. The fraction of sp³-hybridized carbons (Fsp3) is 0.115. The summed E-state index contributed by atoms with van der Waals surface area (Å²) in [6.45, 7) is 3.59. The van der Waals surface area contributed by atoms with E-state index in [4.69, 9.17) is 21.6 Å². The number of nitriles is 1. The smallest absolute Gasteiger partial charge is 0.227 e. The highest BCUT2D eigenvalue weighted by Gasteiger charge is 2.29. The summed E-state index contributed by atoms with van der Waals surface area (Å²) in [6, 6.07) is 15.5. The number of nitrogens with zero attached hydrogens (tertiary/aromatic N) is 5. The summed E-state index contributed by atoms with van der Waals surface area (Å²) in [4.78, 5) is 28.1. The Morgan fingerprint density at radius 3 is 2.50 bits per heavy atom. The van der Waals surface area contributed by atoms with E-state index in [1.54, 1.807) is 12.1 Å². The van der Waals surface area contributed by atoms with Gasteiger partial charge in [-0.15, -0.1) is 0 Å². The SMILES string of the molecule is C=Nc1nc2c(Cl)cc(-c3nc4ccc(-c5nc6ccc(C#N)cc6[nH]5)cc4[nH]3)c(C3[B]CC3)c2[nH]1. The van der Waals surface area contributed by atoms with Crippen LogP contribution in [0.4, 0.5) is 5.95 Å². The van der Waals surface area contributed by atoms with Crippen molar-refractivity contribution in [3.63, 3.8) is 0 Å². The van der Waals surface area contributed by atoms with E-state index in [0.29, 0.717) is 22.1 Å². The maximum Gasteiger partial charge on any atom is 0.227 e. The van der Waals surface area contributed by atoms with Crippen molar-refractivity contribution in [2.45, 2.75) is 18.6 Å². The number of H-pyrrole nitrogens is 3. The number of aromatic amines is 3. The summed E-state index contributed by atoms with van der Waals surface area (Å²) in [6.07, 6.45) is 2.13. The lowest BCUT2D eigenvalue weighted by atomic mass is 9.46. The second-order valence-electron chi connectivity index (χ2n) is 8.93. The molecule has 1 saturated heterocycles. The normalized spacial score (nSPS) is 15.2. The molecule has 3 aromatic heterocycles. The summed E-state index contributed by atoms with van der Waals surface area (Å²) < 4.78 is 0. The predicted octanol–water partition coefficient (Wildman–Crippen LogP) is 6.07. The lowest BCUT2D eigenvalue weighted by Crippen LogP contribution is -2.20. The van der Waals surface area contributed by atoms with Crippen LogP contribution in [0.2, 0.25) is 11.3 Å². The Balaban J connectivity index is 1.36. The fourth-order valence-corrected chi connectivity index (χ4v) is 5.13. The standard InChI is InChI=1S/C26H17BClN8/c1-30-26-35-22-16(28)10-14(21(23(22)36-26)15-6-7-27-15)25-32-18-5-3-13(9-20(18)34-25)24-31-17-4-2-12(11-29)8-19(17)33-24/h2-5,8-10,15H,1,6-7H2,(H,31,33)(H,32,34)(H,35,36). The molecular weight excluding hydrogens is 471 g/mol. The summed E-state index contributed by atoms with van der Waals surface area (Å²) in [5.74, 6) is 2.21. The summed E-state index contributed by atoms with van der Waals surface area (Å²) >= 11 is 6.66. The molecule has 1 aliphatic rings. The van der Waals surface area contributed by atoms with Gasteiger partial charge < -0.3 is 15.0 Å². The third-order valence-corrected chi connectivity index (χ3v) is 7.11. The Labute approximate surface area is 210 Å². The van der Waals surface area contributed by atoms with Gasteiger partial charge in [0.25, 0.3) is 0 Å². The van der Waals surface area contributed by atoms with Crippen molar-refractivity contribution in [3.05, 3.63) is 58.6 Å². The molecule has 1 aliphatic heterocycles. The molecule has 0 saturated carbocycles. The summed E-state index contributed by atoms with van der Waals surface area (Å²) in [5.41, 5.74) is 8.51. The van der Waals surface area contributed by atoms with E-state index in [1.807, 2.05) is 30.3 Å². The Morgan fingerprint density at radius 1 is 1.00 bits per heavy atom. The van der Waals surface area contributed by atoms with Crippen molar-refractivity contribution in [3.8, 4) is 28.8 Å². The highest BCUT2D eigenvalue weighted by Crippen LogP contribution is 2.43. The minimum absolute atomic E-state index is 0.288. The first-order valence-electron chi connectivity index (χ1n) is 11.5. The number of fused-ring (bicyclic) bond motifs is 3. The fourth-order valence-electron chi connectivity index (χ4n) is 4.89. The first-order valence-corrected chi connectivity index (χ1v) is 11.9. The van der Waals surface area contributed by atoms with Gasteiger partial charge in [0.2, 0.25) is 5.95 Å². The number of aliphatic imine (C=N–C) groups is 1. The van der Waals surface area contributed by atoms with Crippen LogP contribution in [0.1, 0.15) is 23.4 Å². The average molecular weight is 488 g/mol. The molecule has 6 aromatic rings. The predicted molar refractivity (Wildman–Crippen MR) is 143 cm³/mol. The summed E-state index contributed by atoms with van der Waals surface area (Å²) in [7, 11) is 2.30. The van der Waals surface area contributed by atoms with Crippen LogP contribution in [0.25, 0.3) is 55.9 Å². The van der Waals surface area contributed by atoms with Crippen LogP contribution in [0, 0.1) is 11.3 Å². The first-order chi connectivity index (χ1) is 17.6. The Kier molecular flexibility index (Phi) is 4.53. The monoisotopic (exact) mass is 487 g/mol. The third kappa shape index (κ3) is 3.15. The molecule has 0 aliphatic carbocycles. The number of nitrogens with one attached hydrogen (secondary N) is 3. The van der Waals surface area contributed by atoms with Crippen LogP contribution < -0.4 is 0 Å². The number of hydrogen-bond acceptors (Lipinski definition) is 5. The molecule has 3 N–H and O–H groups in total. The van der Waals surface area contributed by atoms with Gasteiger partial charge in [-0.1, -0.05) is 24.3 Å². The zero-order chi connectivity index (χ0) is 24.4. The maximum atomic E-state index is 9.18. The highest BCUT2D eigenvalue weighted by atomic mass is 35.5. The second-order valence-corrected chi connectivity index (χ2v) is 9.33. The minimum atomic E-state index is 0.288. The van der Waals surface area contributed by atoms with Gasteiger partial charge in [-0.25, -0.2) is 19.9 Å². The van der Waals surface area contributed by atoms with Crippen molar-refractivity contribution in [1.29, 1.82) is 5.26 Å². The van der Waals surface area contributed by atoms with E-state index in [1.165, 1.54) is 0 Å². The lowest BCUT2D eigenvalue weighted by Gasteiger charge is -2.27. The van der Waals surface area contributed by atoms with Gasteiger partial charge in [0.15, 0.2) is 0 Å². The zero-order valence-corrected chi connectivity index (χ0v) is 19.7. The molecule has 1 unspecified atom stereocenters. The average Bonchev–Trinajstić information content (AvgIpc) is 3.59. The Morgan fingerprint density at radius 2 is 1.75 bits per heavy atom. The molecule has 36 heavy (non-hydrogen) atoms. The van der Waals surface area contributed by atoms with Crippen LogP contribution >= 0.6 is 11.6 Å². The largest absolute Gasteiger partial charge is 0.338 e. The molecule has 1 radical (unpaired) electrons. The topological polar surface area (TPSA) is 122 Å². The first kappa shape index (κ1) is 20.9. The molecule has 0 amide bonds. The molecule has 8 nitrogen and oxygen atoms in total.